The fourth-order valence-electron chi connectivity index (χ4n) is 1.44. The largest absolute Gasteiger partial charge is 0.469 e. The van der Waals surface area contributed by atoms with Gasteiger partial charge in [0.15, 0.2) is 0 Å². The molecule has 16 heavy (non-hydrogen) atoms. The second-order valence-corrected chi connectivity index (χ2v) is 5.69. The van der Waals surface area contributed by atoms with Crippen LogP contribution in [0.3, 0.4) is 0 Å². The number of thioether (sulfide) groups is 1. The Balaban J connectivity index is 2.00. The van der Waals surface area contributed by atoms with Gasteiger partial charge in [-0.15, -0.1) is 0 Å². The Kier molecular flexibility index (Phi) is 6.65. The first-order valence-electron chi connectivity index (χ1n) is 6.02. The fraction of sp³-hybridized carbons (Fsp3) is 0.692. The highest BCUT2D eigenvalue weighted by molar-refractivity contribution is 7.99. The van der Waals surface area contributed by atoms with Crippen molar-refractivity contribution in [3.8, 4) is 0 Å². The van der Waals surface area contributed by atoms with E-state index in [9.17, 15) is 0 Å². The van der Waals surface area contributed by atoms with Gasteiger partial charge in [0, 0.05) is 24.8 Å². The molecule has 0 saturated carbocycles. The molecule has 1 N–H and O–H groups in total. The van der Waals surface area contributed by atoms with Crippen molar-refractivity contribution in [2.75, 3.05) is 18.1 Å². The van der Waals surface area contributed by atoms with Gasteiger partial charge in [0.2, 0.25) is 0 Å². The van der Waals surface area contributed by atoms with E-state index in [2.05, 4.69) is 26.1 Å². The number of hydrogen-bond acceptors (Lipinski definition) is 3. The lowest BCUT2D eigenvalue weighted by Crippen LogP contribution is -2.30. The number of hydrogen-bond donors (Lipinski definition) is 1. The van der Waals surface area contributed by atoms with Crippen LogP contribution in [0.4, 0.5) is 0 Å². The van der Waals surface area contributed by atoms with E-state index in [1.807, 2.05) is 23.9 Å². The second kappa shape index (κ2) is 7.80. The van der Waals surface area contributed by atoms with E-state index in [-0.39, 0.29) is 0 Å². The molecule has 92 valence electrons. The SMILES string of the molecule is CC(C)CSCC(C)NCCc1ccco1. The molecule has 1 aromatic rings. The molecule has 0 aliphatic rings. The van der Waals surface area contributed by atoms with Crippen molar-refractivity contribution in [2.24, 2.45) is 5.92 Å². The Hall–Kier alpha value is -0.410. The summed E-state index contributed by atoms with van der Waals surface area (Å²) in [5.41, 5.74) is 0. The van der Waals surface area contributed by atoms with Crippen molar-refractivity contribution in [2.45, 2.75) is 33.2 Å². The van der Waals surface area contributed by atoms with Crippen molar-refractivity contribution in [3.05, 3.63) is 24.2 Å². The molecule has 0 spiro atoms. The van der Waals surface area contributed by atoms with Gasteiger partial charge in [-0.25, -0.2) is 0 Å². The standard InChI is InChI=1S/C13H23NOS/c1-11(2)9-16-10-12(3)14-7-6-13-5-4-8-15-13/h4-5,8,11-12,14H,6-7,9-10H2,1-3H3. The smallest absolute Gasteiger partial charge is 0.105 e. The first-order valence-corrected chi connectivity index (χ1v) is 7.17. The minimum atomic E-state index is 0.582. The predicted octanol–water partition coefficient (Wildman–Crippen LogP) is 3.19. The summed E-state index contributed by atoms with van der Waals surface area (Å²) in [6, 6.07) is 4.55. The van der Waals surface area contributed by atoms with Crippen LogP contribution in [-0.2, 0) is 6.42 Å². The lowest BCUT2D eigenvalue weighted by Gasteiger charge is -2.13. The van der Waals surface area contributed by atoms with Gasteiger partial charge in [0.05, 0.1) is 6.26 Å². The van der Waals surface area contributed by atoms with Gasteiger partial charge >= 0.3 is 0 Å². The summed E-state index contributed by atoms with van der Waals surface area (Å²) in [6.07, 6.45) is 2.71. The molecule has 0 aliphatic carbocycles. The molecule has 0 saturated heterocycles. The van der Waals surface area contributed by atoms with E-state index in [1.165, 1.54) is 11.5 Å². The van der Waals surface area contributed by atoms with Crippen molar-refractivity contribution in [3.63, 3.8) is 0 Å². The Morgan fingerprint density at radius 3 is 2.75 bits per heavy atom. The van der Waals surface area contributed by atoms with E-state index >= 15 is 0 Å². The zero-order valence-corrected chi connectivity index (χ0v) is 11.3. The third-order valence-corrected chi connectivity index (χ3v) is 3.90. The van der Waals surface area contributed by atoms with E-state index < -0.39 is 0 Å². The highest BCUT2D eigenvalue weighted by Crippen LogP contribution is 2.08. The van der Waals surface area contributed by atoms with E-state index in [0.29, 0.717) is 6.04 Å². The topological polar surface area (TPSA) is 25.2 Å². The van der Waals surface area contributed by atoms with Crippen LogP contribution in [0.2, 0.25) is 0 Å². The van der Waals surface area contributed by atoms with Crippen molar-refractivity contribution in [1.82, 2.24) is 5.32 Å². The molecular formula is C13H23NOS. The van der Waals surface area contributed by atoms with Gasteiger partial charge in [0.25, 0.3) is 0 Å². The van der Waals surface area contributed by atoms with Crippen LogP contribution in [0.25, 0.3) is 0 Å². The molecule has 1 rings (SSSR count). The lowest BCUT2D eigenvalue weighted by molar-refractivity contribution is 0.490. The maximum absolute atomic E-state index is 5.28. The highest BCUT2D eigenvalue weighted by atomic mass is 32.2. The average molecular weight is 241 g/mol. The van der Waals surface area contributed by atoms with Crippen LogP contribution < -0.4 is 5.32 Å². The van der Waals surface area contributed by atoms with Crippen LogP contribution in [0.15, 0.2) is 22.8 Å². The summed E-state index contributed by atoms with van der Waals surface area (Å²) in [6.45, 7) is 7.77. The summed E-state index contributed by atoms with van der Waals surface area (Å²) in [5.74, 6) is 4.30. The third-order valence-electron chi connectivity index (χ3n) is 2.26. The maximum atomic E-state index is 5.28. The van der Waals surface area contributed by atoms with Crippen LogP contribution in [-0.4, -0.2) is 24.1 Å². The van der Waals surface area contributed by atoms with Crippen LogP contribution in [0.5, 0.6) is 0 Å². The molecule has 0 radical (unpaired) electrons. The molecule has 0 amide bonds. The highest BCUT2D eigenvalue weighted by Gasteiger charge is 2.03. The molecular weight excluding hydrogens is 218 g/mol. The van der Waals surface area contributed by atoms with Crippen LogP contribution in [0, 0.1) is 5.92 Å². The normalized spacial score (nSPS) is 13.2. The van der Waals surface area contributed by atoms with Gasteiger partial charge in [-0.1, -0.05) is 13.8 Å². The lowest BCUT2D eigenvalue weighted by atomic mass is 10.3. The number of furan rings is 1. The van der Waals surface area contributed by atoms with Crippen molar-refractivity contribution in [1.29, 1.82) is 0 Å². The van der Waals surface area contributed by atoms with Crippen molar-refractivity contribution >= 4 is 11.8 Å². The van der Waals surface area contributed by atoms with E-state index in [1.54, 1.807) is 6.26 Å². The summed E-state index contributed by atoms with van der Waals surface area (Å²) in [7, 11) is 0. The summed E-state index contributed by atoms with van der Waals surface area (Å²) in [4.78, 5) is 0. The van der Waals surface area contributed by atoms with E-state index in [0.717, 1.165) is 24.6 Å². The molecule has 0 aromatic carbocycles. The minimum absolute atomic E-state index is 0.582. The molecule has 2 nitrogen and oxygen atoms in total. The molecule has 3 heteroatoms. The number of rotatable bonds is 8. The molecule has 0 fully saturated rings. The quantitative estimate of drug-likeness (QED) is 0.756. The van der Waals surface area contributed by atoms with Gasteiger partial charge in [0.1, 0.15) is 5.76 Å². The summed E-state index contributed by atoms with van der Waals surface area (Å²) in [5, 5.41) is 3.51. The second-order valence-electron chi connectivity index (χ2n) is 4.62. The number of nitrogens with one attached hydrogen (secondary N) is 1. The molecule has 1 aromatic heterocycles. The molecule has 1 heterocycles. The van der Waals surface area contributed by atoms with Gasteiger partial charge in [-0.3, -0.25) is 0 Å². The van der Waals surface area contributed by atoms with Gasteiger partial charge in [-0.05, 0) is 30.7 Å². The molecule has 1 atom stereocenters. The molecule has 0 aliphatic heterocycles. The predicted molar refractivity (Wildman–Crippen MR) is 72.0 cm³/mol. The van der Waals surface area contributed by atoms with Crippen LogP contribution in [0.1, 0.15) is 26.5 Å². The average Bonchev–Trinajstić information content (AvgIpc) is 2.70. The monoisotopic (exact) mass is 241 g/mol. The van der Waals surface area contributed by atoms with Gasteiger partial charge < -0.3 is 9.73 Å². The Labute approximate surface area is 103 Å². The first-order chi connectivity index (χ1) is 7.68. The maximum Gasteiger partial charge on any atom is 0.105 e. The van der Waals surface area contributed by atoms with Crippen LogP contribution >= 0.6 is 11.8 Å². The third kappa shape index (κ3) is 6.23. The Morgan fingerprint density at radius 1 is 1.31 bits per heavy atom. The zero-order chi connectivity index (χ0) is 11.8. The zero-order valence-electron chi connectivity index (χ0n) is 10.5. The van der Waals surface area contributed by atoms with E-state index in [4.69, 9.17) is 4.42 Å². The fourth-order valence-corrected chi connectivity index (χ4v) is 2.51. The molecule has 1 unspecified atom stereocenters. The first kappa shape index (κ1) is 13.7. The Morgan fingerprint density at radius 2 is 2.12 bits per heavy atom. The summed E-state index contributed by atoms with van der Waals surface area (Å²) >= 11 is 2.03. The summed E-state index contributed by atoms with van der Waals surface area (Å²) < 4.78 is 5.28. The molecule has 0 bridgehead atoms. The Bertz CT molecular complexity index is 259. The van der Waals surface area contributed by atoms with Crippen molar-refractivity contribution < 1.29 is 4.42 Å². The van der Waals surface area contributed by atoms with Gasteiger partial charge in [-0.2, -0.15) is 11.8 Å². The minimum Gasteiger partial charge on any atom is -0.469 e.